The highest BCUT2D eigenvalue weighted by molar-refractivity contribution is 6.22. The van der Waals surface area contributed by atoms with Crippen LogP contribution in [0.5, 0.6) is 11.5 Å². The highest BCUT2D eigenvalue weighted by Gasteiger charge is 2.57. The average molecular weight is 595 g/mol. The molecule has 0 bridgehead atoms. The molecule has 1 aliphatic carbocycles. The Bertz CT molecular complexity index is 1630. The minimum Gasteiger partial charge on any atom is -0.508 e. The minimum atomic E-state index is -0.597. The van der Waals surface area contributed by atoms with Crippen LogP contribution < -0.4 is 9.64 Å². The molecule has 0 saturated carbocycles. The third-order valence-electron chi connectivity index (χ3n) is 8.91. The molecule has 1 N–H and O–H groups in total. The summed E-state index contributed by atoms with van der Waals surface area (Å²) in [6.07, 6.45) is 4.63. The van der Waals surface area contributed by atoms with Gasteiger partial charge in [0.2, 0.25) is 11.8 Å². The van der Waals surface area contributed by atoms with Gasteiger partial charge in [-0.15, -0.1) is 0 Å². The van der Waals surface area contributed by atoms with Crippen LogP contribution >= 0.6 is 0 Å². The van der Waals surface area contributed by atoms with Crippen molar-refractivity contribution < 1.29 is 29.1 Å². The summed E-state index contributed by atoms with van der Waals surface area (Å²) in [4.78, 5) is 39.7. The van der Waals surface area contributed by atoms with E-state index in [9.17, 15) is 24.8 Å². The van der Waals surface area contributed by atoms with Crippen LogP contribution in [0.2, 0.25) is 0 Å². The number of phenols is 1. The maximum Gasteiger partial charge on any atom is 0.271 e. The number of fused-ring (bicyclic) bond motifs is 3. The van der Waals surface area contributed by atoms with Crippen LogP contribution in [0.15, 0.2) is 95.6 Å². The van der Waals surface area contributed by atoms with Crippen LogP contribution in [0.3, 0.4) is 0 Å². The fourth-order valence-electron chi connectivity index (χ4n) is 6.77. The SMILES string of the molecule is CC/C(=C\c1ccc(O)cc1)CC[C@H]1OC[C@H]2C1=C(COc1ccccc1)C[C@H]1C(=O)N(c3cccc([N+](=O)[O-])c3)C(=O)[C@H]12. The number of para-hydroxylation sites is 1. The van der Waals surface area contributed by atoms with E-state index < -0.39 is 16.8 Å². The van der Waals surface area contributed by atoms with E-state index >= 15 is 0 Å². The van der Waals surface area contributed by atoms with E-state index in [4.69, 9.17) is 9.47 Å². The van der Waals surface area contributed by atoms with Crippen molar-refractivity contribution in [3.05, 3.63) is 111 Å². The summed E-state index contributed by atoms with van der Waals surface area (Å²) in [5, 5.41) is 21.0. The molecule has 9 nitrogen and oxygen atoms in total. The van der Waals surface area contributed by atoms with Gasteiger partial charge in [0, 0.05) is 18.1 Å². The second-order valence-corrected chi connectivity index (χ2v) is 11.5. The number of rotatable bonds is 10. The number of nitro groups is 1. The van der Waals surface area contributed by atoms with Gasteiger partial charge in [-0.25, -0.2) is 4.90 Å². The predicted molar refractivity (Wildman–Crippen MR) is 165 cm³/mol. The molecule has 9 heteroatoms. The average Bonchev–Trinajstić information content (AvgIpc) is 3.57. The number of anilines is 1. The fraction of sp³-hybridized carbons (Fsp3) is 0.314. The third-order valence-corrected chi connectivity index (χ3v) is 8.91. The van der Waals surface area contributed by atoms with Gasteiger partial charge in [0.05, 0.1) is 35.2 Å². The largest absolute Gasteiger partial charge is 0.508 e. The smallest absolute Gasteiger partial charge is 0.271 e. The summed E-state index contributed by atoms with van der Waals surface area (Å²) in [7, 11) is 0. The molecule has 44 heavy (non-hydrogen) atoms. The summed E-state index contributed by atoms with van der Waals surface area (Å²) >= 11 is 0. The van der Waals surface area contributed by atoms with E-state index in [2.05, 4.69) is 13.0 Å². The molecule has 3 aromatic rings. The number of amides is 2. The van der Waals surface area contributed by atoms with E-state index in [1.165, 1.54) is 23.8 Å². The molecule has 0 spiro atoms. The van der Waals surface area contributed by atoms with E-state index in [-0.39, 0.29) is 47.6 Å². The van der Waals surface area contributed by atoms with Gasteiger partial charge in [0.15, 0.2) is 0 Å². The first-order valence-corrected chi connectivity index (χ1v) is 15.0. The Morgan fingerprint density at radius 2 is 1.82 bits per heavy atom. The highest BCUT2D eigenvalue weighted by atomic mass is 16.6. The first kappa shape index (κ1) is 29.3. The summed E-state index contributed by atoms with van der Waals surface area (Å²) in [5.74, 6) is -1.20. The summed E-state index contributed by atoms with van der Waals surface area (Å²) in [6, 6.07) is 22.3. The Kier molecular flexibility index (Phi) is 8.30. The number of nitro benzene ring substituents is 1. The van der Waals surface area contributed by atoms with E-state index in [0.717, 1.165) is 34.5 Å². The highest BCUT2D eigenvalue weighted by Crippen LogP contribution is 2.50. The Morgan fingerprint density at radius 1 is 1.05 bits per heavy atom. The molecule has 226 valence electrons. The number of hydrogen-bond donors (Lipinski definition) is 1. The van der Waals surface area contributed by atoms with Crippen molar-refractivity contribution in [3.63, 3.8) is 0 Å². The number of non-ortho nitro benzene ring substituents is 1. The Morgan fingerprint density at radius 3 is 2.55 bits per heavy atom. The molecular formula is C35H34N2O7. The molecule has 0 radical (unpaired) electrons. The van der Waals surface area contributed by atoms with Crippen LogP contribution in [0, 0.1) is 27.9 Å². The molecule has 2 fully saturated rings. The molecule has 4 atom stereocenters. The number of phenolic OH excluding ortho intramolecular Hbond substituents is 1. The van der Waals surface area contributed by atoms with E-state index in [0.29, 0.717) is 25.2 Å². The molecule has 2 heterocycles. The molecular weight excluding hydrogens is 560 g/mol. The standard InChI is InChI=1S/C35H34N2O7/c1-2-22(17-23-11-14-27(38)15-12-23)13-16-31-32-24(20-43-28-9-4-3-5-10-28)18-29-33(30(32)21-44-31)35(40)36(34(29)39)25-7-6-8-26(19-25)37(41)42/h3-12,14-15,17,19,29-31,33,38H,2,13,16,18,20-21H2,1H3/b22-17+/t29-,30+,31-,33-/m1/s1. The predicted octanol–water partition coefficient (Wildman–Crippen LogP) is 6.47. The number of ether oxygens (including phenoxy) is 2. The van der Waals surface area contributed by atoms with Crippen LogP contribution in [-0.2, 0) is 14.3 Å². The second kappa shape index (κ2) is 12.5. The van der Waals surface area contributed by atoms with Crippen molar-refractivity contribution in [2.45, 2.75) is 38.7 Å². The molecule has 3 aromatic carbocycles. The number of carbonyl (C=O) groups is 2. The van der Waals surface area contributed by atoms with Gasteiger partial charge in [-0.1, -0.05) is 55.0 Å². The summed E-state index contributed by atoms with van der Waals surface area (Å²) in [5.41, 5.74) is 4.31. The molecule has 6 rings (SSSR count). The lowest BCUT2D eigenvalue weighted by Crippen LogP contribution is -2.35. The number of hydrogen-bond acceptors (Lipinski definition) is 7. The zero-order valence-electron chi connectivity index (χ0n) is 24.4. The number of aromatic hydroxyl groups is 1. The third kappa shape index (κ3) is 5.75. The lowest BCUT2D eigenvalue weighted by molar-refractivity contribution is -0.384. The van der Waals surface area contributed by atoms with Crippen LogP contribution in [-0.4, -0.2) is 41.2 Å². The molecule has 0 unspecified atom stereocenters. The van der Waals surface area contributed by atoms with Crippen molar-refractivity contribution >= 4 is 29.3 Å². The molecule has 2 saturated heterocycles. The van der Waals surface area contributed by atoms with Crippen LogP contribution in [0.25, 0.3) is 6.08 Å². The van der Waals surface area contributed by atoms with E-state index in [1.807, 2.05) is 42.5 Å². The number of allylic oxidation sites excluding steroid dienone is 1. The van der Waals surface area contributed by atoms with Crippen LogP contribution in [0.4, 0.5) is 11.4 Å². The van der Waals surface area contributed by atoms with Gasteiger partial charge in [-0.05, 0) is 72.7 Å². The zero-order valence-corrected chi connectivity index (χ0v) is 24.4. The monoisotopic (exact) mass is 594 g/mol. The topological polar surface area (TPSA) is 119 Å². The molecule has 2 amide bonds. The van der Waals surface area contributed by atoms with E-state index in [1.54, 1.807) is 18.2 Å². The van der Waals surface area contributed by atoms with Gasteiger partial charge in [-0.2, -0.15) is 0 Å². The van der Waals surface area contributed by atoms with Crippen molar-refractivity contribution in [2.24, 2.45) is 17.8 Å². The van der Waals surface area contributed by atoms with Gasteiger partial charge in [-0.3, -0.25) is 19.7 Å². The number of imide groups is 1. The molecule has 0 aromatic heterocycles. The quantitative estimate of drug-likeness (QED) is 0.124. The maximum absolute atomic E-state index is 13.9. The maximum atomic E-state index is 13.9. The van der Waals surface area contributed by atoms with Crippen molar-refractivity contribution in [1.29, 1.82) is 0 Å². The van der Waals surface area contributed by atoms with Gasteiger partial charge < -0.3 is 14.6 Å². The zero-order chi connectivity index (χ0) is 30.8. The van der Waals surface area contributed by atoms with Gasteiger partial charge in [0.25, 0.3) is 5.69 Å². The van der Waals surface area contributed by atoms with Crippen LogP contribution in [0.1, 0.15) is 38.2 Å². The molecule has 2 aliphatic heterocycles. The molecule has 3 aliphatic rings. The Hall–Kier alpha value is -4.76. The fourth-order valence-corrected chi connectivity index (χ4v) is 6.77. The Balaban J connectivity index is 1.28. The van der Waals surface area contributed by atoms with Gasteiger partial charge >= 0.3 is 0 Å². The first-order valence-electron chi connectivity index (χ1n) is 15.0. The van der Waals surface area contributed by atoms with Crippen molar-refractivity contribution in [2.75, 3.05) is 18.1 Å². The summed E-state index contributed by atoms with van der Waals surface area (Å²) in [6.45, 7) is 2.71. The summed E-state index contributed by atoms with van der Waals surface area (Å²) < 4.78 is 12.6. The number of carbonyl (C=O) groups excluding carboxylic acids is 2. The minimum absolute atomic E-state index is 0.176. The van der Waals surface area contributed by atoms with Gasteiger partial charge in [0.1, 0.15) is 18.1 Å². The lowest BCUT2D eigenvalue weighted by atomic mass is 9.69. The van der Waals surface area contributed by atoms with Crippen molar-refractivity contribution in [1.82, 2.24) is 0 Å². The normalized spacial score (nSPS) is 23.1. The first-order chi connectivity index (χ1) is 21.3. The Labute approximate surface area is 255 Å². The van der Waals surface area contributed by atoms with Crippen molar-refractivity contribution in [3.8, 4) is 11.5 Å². The second-order valence-electron chi connectivity index (χ2n) is 11.5. The lowest BCUT2D eigenvalue weighted by Gasteiger charge is -2.31. The number of benzene rings is 3. The number of nitrogens with zero attached hydrogens (tertiary/aromatic N) is 2.